The summed E-state index contributed by atoms with van der Waals surface area (Å²) in [5, 5.41) is 9.75. The minimum atomic E-state index is -0.880. The second-order valence-corrected chi connectivity index (χ2v) is 11.5. The van der Waals surface area contributed by atoms with E-state index in [1.165, 1.54) is 57.8 Å². The standard InChI is InChI=1S/C29H43N3O3/c1-2-9-21-10-6-13-23(18-21)31-24-14-7-15-25(31)20-26(19-24)32(22-11-4-3-5-12-22)29(35)30-17-8-16-27(30)28(33)34/h3-5,11-12,21,23-27H,2,6-10,13-20H2,1H3,(H,33,34)/t21-,23-,24-,25+,26?,27?/m1/s1. The molecule has 2 amide bonds. The van der Waals surface area contributed by atoms with Crippen molar-refractivity contribution in [2.45, 2.75) is 121 Å². The highest BCUT2D eigenvalue weighted by Crippen LogP contribution is 2.43. The zero-order valence-electron chi connectivity index (χ0n) is 21.4. The van der Waals surface area contributed by atoms with Gasteiger partial charge in [0, 0.05) is 36.4 Å². The van der Waals surface area contributed by atoms with Gasteiger partial charge in [0.15, 0.2) is 0 Å². The van der Waals surface area contributed by atoms with Gasteiger partial charge in [-0.25, -0.2) is 9.59 Å². The van der Waals surface area contributed by atoms with Gasteiger partial charge in [-0.15, -0.1) is 0 Å². The second-order valence-electron chi connectivity index (χ2n) is 11.5. The number of amides is 2. The maximum atomic E-state index is 14.0. The lowest BCUT2D eigenvalue weighted by molar-refractivity contribution is -0.141. The van der Waals surface area contributed by atoms with Crippen molar-refractivity contribution >= 4 is 17.7 Å². The van der Waals surface area contributed by atoms with Crippen LogP contribution in [0.1, 0.15) is 90.4 Å². The first-order valence-electron chi connectivity index (χ1n) is 14.2. The Morgan fingerprint density at radius 1 is 0.914 bits per heavy atom. The van der Waals surface area contributed by atoms with E-state index in [4.69, 9.17) is 0 Å². The summed E-state index contributed by atoms with van der Waals surface area (Å²) < 4.78 is 0. The molecule has 3 saturated heterocycles. The van der Waals surface area contributed by atoms with Crippen LogP contribution in [0.4, 0.5) is 10.5 Å². The van der Waals surface area contributed by atoms with E-state index in [1.54, 1.807) is 4.90 Å². The molecule has 3 aliphatic heterocycles. The van der Waals surface area contributed by atoms with Gasteiger partial charge in [0.25, 0.3) is 0 Å². The number of piperidine rings is 2. The van der Waals surface area contributed by atoms with E-state index in [9.17, 15) is 14.7 Å². The number of para-hydroxylation sites is 1. The van der Waals surface area contributed by atoms with E-state index in [-0.39, 0.29) is 12.1 Å². The summed E-state index contributed by atoms with van der Waals surface area (Å²) in [6.07, 6.45) is 15.1. The first-order chi connectivity index (χ1) is 17.1. The molecule has 3 heterocycles. The van der Waals surface area contributed by atoms with Crippen molar-refractivity contribution in [3.05, 3.63) is 30.3 Å². The van der Waals surface area contributed by atoms with Gasteiger partial charge >= 0.3 is 12.0 Å². The fourth-order valence-electron chi connectivity index (χ4n) is 7.86. The van der Waals surface area contributed by atoms with Gasteiger partial charge in [-0.2, -0.15) is 0 Å². The monoisotopic (exact) mass is 481 g/mol. The quantitative estimate of drug-likeness (QED) is 0.549. The molecule has 0 spiro atoms. The molecule has 1 aliphatic carbocycles. The van der Waals surface area contributed by atoms with Crippen LogP contribution in [-0.4, -0.2) is 63.7 Å². The number of benzene rings is 1. The minimum absolute atomic E-state index is 0.113. The van der Waals surface area contributed by atoms with Crippen LogP contribution in [0.15, 0.2) is 30.3 Å². The Labute approximate surface area is 210 Å². The van der Waals surface area contributed by atoms with Crippen LogP contribution < -0.4 is 4.90 Å². The molecule has 5 rings (SSSR count). The molecule has 2 unspecified atom stereocenters. The number of hydrogen-bond acceptors (Lipinski definition) is 3. The van der Waals surface area contributed by atoms with E-state index in [2.05, 4.69) is 11.8 Å². The molecule has 4 aliphatic rings. The number of carboxylic acid groups (broad SMARTS) is 1. The van der Waals surface area contributed by atoms with Crippen LogP contribution in [0.2, 0.25) is 0 Å². The minimum Gasteiger partial charge on any atom is -0.480 e. The van der Waals surface area contributed by atoms with Crippen LogP contribution in [-0.2, 0) is 4.79 Å². The third-order valence-electron chi connectivity index (χ3n) is 9.27. The maximum absolute atomic E-state index is 14.0. The number of likely N-dealkylation sites (tertiary alicyclic amines) is 1. The predicted octanol–water partition coefficient (Wildman–Crippen LogP) is 5.91. The lowest BCUT2D eigenvalue weighted by Crippen LogP contribution is -2.62. The van der Waals surface area contributed by atoms with Gasteiger partial charge < -0.3 is 10.0 Å². The lowest BCUT2D eigenvalue weighted by atomic mass is 9.75. The summed E-state index contributed by atoms with van der Waals surface area (Å²) >= 11 is 0. The van der Waals surface area contributed by atoms with Gasteiger partial charge in [0.2, 0.25) is 0 Å². The van der Waals surface area contributed by atoms with Crippen molar-refractivity contribution in [2.24, 2.45) is 5.92 Å². The van der Waals surface area contributed by atoms with Crippen LogP contribution in [0, 0.1) is 5.92 Å². The molecule has 2 bridgehead atoms. The maximum Gasteiger partial charge on any atom is 0.326 e. The molecule has 1 saturated carbocycles. The van der Waals surface area contributed by atoms with Crippen LogP contribution in [0.3, 0.4) is 0 Å². The molecule has 6 nitrogen and oxygen atoms in total. The highest BCUT2D eigenvalue weighted by Gasteiger charge is 2.46. The van der Waals surface area contributed by atoms with Crippen molar-refractivity contribution < 1.29 is 14.7 Å². The molecule has 1 aromatic carbocycles. The molecular formula is C29H43N3O3. The van der Waals surface area contributed by atoms with E-state index in [1.807, 2.05) is 35.2 Å². The second kappa shape index (κ2) is 10.9. The Balaban J connectivity index is 1.38. The summed E-state index contributed by atoms with van der Waals surface area (Å²) in [5.41, 5.74) is 0.908. The fraction of sp³-hybridized carbons (Fsp3) is 0.724. The smallest absolute Gasteiger partial charge is 0.326 e. The van der Waals surface area contributed by atoms with Crippen LogP contribution in [0.5, 0.6) is 0 Å². The number of rotatable bonds is 6. The number of carboxylic acids is 1. The summed E-state index contributed by atoms with van der Waals surface area (Å²) in [4.78, 5) is 32.3. The number of urea groups is 1. The number of aliphatic carboxylic acids is 1. The molecule has 35 heavy (non-hydrogen) atoms. The summed E-state index contributed by atoms with van der Waals surface area (Å²) in [7, 11) is 0. The SMILES string of the molecule is CCC[C@@H]1CCC[C@@H](N2[C@@H]3CCC[C@H]2CC(N(C(=O)N2CCCC2C(=O)O)c2ccccc2)C3)C1. The number of fused-ring (bicyclic) bond motifs is 2. The number of nitrogens with zero attached hydrogens (tertiary/aromatic N) is 3. The van der Waals surface area contributed by atoms with Crippen LogP contribution in [0.25, 0.3) is 0 Å². The van der Waals surface area contributed by atoms with Crippen molar-refractivity contribution in [2.75, 3.05) is 11.4 Å². The van der Waals surface area contributed by atoms with Gasteiger partial charge in [-0.3, -0.25) is 9.80 Å². The van der Waals surface area contributed by atoms with E-state index in [0.717, 1.165) is 30.9 Å². The number of carbonyl (C=O) groups excluding carboxylic acids is 1. The van der Waals surface area contributed by atoms with Gasteiger partial charge in [-0.05, 0) is 69.4 Å². The Morgan fingerprint density at radius 3 is 2.23 bits per heavy atom. The lowest BCUT2D eigenvalue weighted by Gasteiger charge is -2.55. The molecule has 1 N–H and O–H groups in total. The molecule has 6 heteroatoms. The highest BCUT2D eigenvalue weighted by molar-refractivity contribution is 5.95. The largest absolute Gasteiger partial charge is 0.480 e. The van der Waals surface area contributed by atoms with E-state index >= 15 is 0 Å². The molecule has 6 atom stereocenters. The third kappa shape index (κ3) is 5.09. The average molecular weight is 482 g/mol. The number of hydrogen-bond donors (Lipinski definition) is 1. The average Bonchev–Trinajstić information content (AvgIpc) is 3.35. The summed E-state index contributed by atoms with van der Waals surface area (Å²) in [6, 6.07) is 11.1. The Hall–Kier alpha value is -2.08. The Bertz CT molecular complexity index is 861. The molecule has 192 valence electrons. The van der Waals surface area contributed by atoms with Gasteiger partial charge in [-0.1, -0.05) is 57.2 Å². The van der Waals surface area contributed by atoms with Crippen molar-refractivity contribution in [3.63, 3.8) is 0 Å². The first-order valence-corrected chi connectivity index (χ1v) is 14.2. The molecular weight excluding hydrogens is 438 g/mol. The van der Waals surface area contributed by atoms with E-state index < -0.39 is 12.0 Å². The molecule has 4 fully saturated rings. The fourth-order valence-corrected chi connectivity index (χ4v) is 7.86. The zero-order valence-corrected chi connectivity index (χ0v) is 21.4. The van der Waals surface area contributed by atoms with Gasteiger partial charge in [0.05, 0.1) is 0 Å². The molecule has 0 radical (unpaired) electrons. The Morgan fingerprint density at radius 2 is 1.57 bits per heavy atom. The first kappa shape index (κ1) is 24.6. The van der Waals surface area contributed by atoms with Crippen molar-refractivity contribution in [3.8, 4) is 0 Å². The highest BCUT2D eigenvalue weighted by atomic mass is 16.4. The summed E-state index contributed by atoms with van der Waals surface area (Å²) in [5.74, 6) is -0.00260. The molecule has 1 aromatic rings. The summed E-state index contributed by atoms with van der Waals surface area (Å²) in [6.45, 7) is 2.85. The topological polar surface area (TPSA) is 64.1 Å². The van der Waals surface area contributed by atoms with Crippen molar-refractivity contribution in [1.82, 2.24) is 9.80 Å². The van der Waals surface area contributed by atoms with E-state index in [0.29, 0.717) is 31.1 Å². The van der Waals surface area contributed by atoms with Crippen molar-refractivity contribution in [1.29, 1.82) is 0 Å². The number of carbonyl (C=O) groups is 2. The van der Waals surface area contributed by atoms with Gasteiger partial charge in [0.1, 0.15) is 6.04 Å². The Kier molecular flexibility index (Phi) is 7.66. The van der Waals surface area contributed by atoms with Crippen LogP contribution >= 0.6 is 0 Å². The number of anilines is 1. The normalized spacial score (nSPS) is 33.5. The zero-order chi connectivity index (χ0) is 24.4. The third-order valence-corrected chi connectivity index (χ3v) is 9.27. The molecule has 0 aromatic heterocycles. The predicted molar refractivity (Wildman–Crippen MR) is 139 cm³/mol.